The molecule has 0 bridgehead atoms. The summed E-state index contributed by atoms with van der Waals surface area (Å²) in [5, 5.41) is 0.185. The third-order valence-corrected chi connectivity index (χ3v) is 5.72. The molecule has 4 nitrogen and oxygen atoms in total. The quantitative estimate of drug-likeness (QED) is 0.659. The monoisotopic (exact) mass is 429 g/mol. The highest BCUT2D eigenvalue weighted by Crippen LogP contribution is 2.37. The molecule has 0 spiro atoms. The summed E-state index contributed by atoms with van der Waals surface area (Å²) >= 11 is 10.7. The van der Waals surface area contributed by atoms with Crippen molar-refractivity contribution in [3.05, 3.63) is 37.7 Å². The molecule has 0 unspecified atom stereocenters. The van der Waals surface area contributed by atoms with Gasteiger partial charge >= 0.3 is 0 Å². The number of aromatic nitrogens is 1. The predicted octanol–water partition coefficient (Wildman–Crippen LogP) is 4.42. The Balaban J connectivity index is 2.22. The van der Waals surface area contributed by atoms with Gasteiger partial charge in [-0.05, 0) is 19.1 Å². The Morgan fingerprint density at radius 2 is 2.14 bits per heavy atom. The smallest absolute Gasteiger partial charge is 0.265 e. The minimum absolute atomic E-state index is 0.0667. The van der Waals surface area contributed by atoms with Crippen molar-refractivity contribution in [2.75, 3.05) is 6.61 Å². The van der Waals surface area contributed by atoms with Crippen LogP contribution in [0, 0.1) is 6.92 Å². The Morgan fingerprint density at radius 3 is 2.71 bits per heavy atom. The van der Waals surface area contributed by atoms with Crippen LogP contribution in [-0.2, 0) is 15.5 Å². The number of nitrogens with zero attached hydrogens (tertiary/aromatic N) is 1. The average molecular weight is 431 g/mol. The molecule has 21 heavy (non-hydrogen) atoms. The summed E-state index contributed by atoms with van der Waals surface area (Å²) in [7, 11) is 1.47. The molecule has 0 fully saturated rings. The zero-order valence-electron chi connectivity index (χ0n) is 10.8. The van der Waals surface area contributed by atoms with Crippen LogP contribution in [-0.4, -0.2) is 20.0 Å². The molecule has 0 amide bonds. The number of aryl methyl sites for hydroxylation is 1. The van der Waals surface area contributed by atoms with Crippen molar-refractivity contribution in [2.24, 2.45) is 0 Å². The Hall–Kier alpha value is -0.340. The molecule has 0 aliphatic heterocycles. The summed E-state index contributed by atoms with van der Waals surface area (Å²) in [5.41, 5.74) is 2.70. The first kappa shape index (κ1) is 17.0. The van der Waals surface area contributed by atoms with Crippen LogP contribution in [0.4, 0.5) is 0 Å². The van der Waals surface area contributed by atoms with Crippen molar-refractivity contribution in [3.63, 3.8) is 0 Å². The molecule has 0 radical (unpaired) electrons. The molecular formula is C12H10BrCl2NO3S2. The number of hydrogen-bond donors (Lipinski definition) is 0. The van der Waals surface area contributed by atoms with Gasteiger partial charge in [0.05, 0.1) is 22.8 Å². The van der Waals surface area contributed by atoms with Crippen LogP contribution < -0.4 is 4.74 Å². The minimum atomic E-state index is -3.95. The van der Waals surface area contributed by atoms with E-state index in [-0.39, 0.29) is 22.3 Å². The molecule has 0 saturated heterocycles. The largest absolute Gasteiger partial charge is 0.490 e. The molecule has 1 aromatic carbocycles. The first-order valence-electron chi connectivity index (χ1n) is 5.74. The van der Waals surface area contributed by atoms with E-state index in [4.69, 9.17) is 27.0 Å². The summed E-state index contributed by atoms with van der Waals surface area (Å²) in [6.07, 6.45) is 0.616. The number of thiazole rings is 1. The van der Waals surface area contributed by atoms with Gasteiger partial charge in [0.2, 0.25) is 0 Å². The molecule has 0 atom stereocenters. The maximum absolute atomic E-state index is 11.6. The van der Waals surface area contributed by atoms with E-state index in [9.17, 15) is 8.42 Å². The molecule has 0 aliphatic carbocycles. The number of benzene rings is 1. The normalized spacial score (nSPS) is 11.6. The maximum atomic E-state index is 11.6. The van der Waals surface area contributed by atoms with Crippen molar-refractivity contribution in [3.8, 4) is 5.75 Å². The second kappa shape index (κ2) is 6.83. The average Bonchev–Trinajstić information content (AvgIpc) is 2.76. The van der Waals surface area contributed by atoms with E-state index in [1.165, 1.54) is 17.4 Å². The van der Waals surface area contributed by atoms with Crippen LogP contribution in [0.1, 0.15) is 10.6 Å². The molecule has 0 N–H and O–H groups in total. The van der Waals surface area contributed by atoms with E-state index in [2.05, 4.69) is 20.9 Å². The Morgan fingerprint density at radius 1 is 1.43 bits per heavy atom. The van der Waals surface area contributed by atoms with E-state index in [0.29, 0.717) is 10.9 Å². The SMILES string of the molecule is Cc1ncsc1CCOc1c(Cl)cc(Br)cc1S(=O)(=O)Cl. The van der Waals surface area contributed by atoms with Gasteiger partial charge in [-0.2, -0.15) is 0 Å². The van der Waals surface area contributed by atoms with Crippen LogP contribution in [0.2, 0.25) is 5.02 Å². The summed E-state index contributed by atoms with van der Waals surface area (Å²) < 4.78 is 29.3. The number of ether oxygens (including phenoxy) is 1. The van der Waals surface area contributed by atoms with Crippen LogP contribution in [0.5, 0.6) is 5.75 Å². The Kier molecular flexibility index (Phi) is 5.54. The molecule has 9 heteroatoms. The third-order valence-electron chi connectivity index (χ3n) is 2.66. The van der Waals surface area contributed by atoms with Crippen molar-refractivity contribution in [1.82, 2.24) is 4.98 Å². The zero-order chi connectivity index (χ0) is 15.6. The van der Waals surface area contributed by atoms with Gasteiger partial charge in [0.15, 0.2) is 5.75 Å². The Labute approximate surface area is 144 Å². The van der Waals surface area contributed by atoms with E-state index in [0.717, 1.165) is 10.6 Å². The number of rotatable bonds is 5. The van der Waals surface area contributed by atoms with Crippen LogP contribution in [0.3, 0.4) is 0 Å². The lowest BCUT2D eigenvalue weighted by Crippen LogP contribution is -2.05. The zero-order valence-corrected chi connectivity index (χ0v) is 15.5. The fraction of sp³-hybridized carbons (Fsp3) is 0.250. The molecule has 2 rings (SSSR count). The lowest BCUT2D eigenvalue weighted by Gasteiger charge is -2.12. The minimum Gasteiger partial charge on any atom is -0.490 e. The van der Waals surface area contributed by atoms with Crippen molar-refractivity contribution in [1.29, 1.82) is 0 Å². The summed E-state index contributed by atoms with van der Waals surface area (Å²) in [5.74, 6) is 0.0667. The predicted molar refractivity (Wildman–Crippen MR) is 88.2 cm³/mol. The van der Waals surface area contributed by atoms with Crippen molar-refractivity contribution in [2.45, 2.75) is 18.2 Å². The Bertz CT molecular complexity index is 762. The van der Waals surface area contributed by atoms with E-state index in [1.54, 1.807) is 11.6 Å². The van der Waals surface area contributed by atoms with Crippen LogP contribution in [0.15, 0.2) is 27.0 Å². The highest BCUT2D eigenvalue weighted by molar-refractivity contribution is 9.10. The third kappa shape index (κ3) is 4.32. The van der Waals surface area contributed by atoms with Gasteiger partial charge < -0.3 is 4.74 Å². The van der Waals surface area contributed by atoms with Gasteiger partial charge in [-0.15, -0.1) is 11.3 Å². The second-order valence-electron chi connectivity index (χ2n) is 4.11. The van der Waals surface area contributed by atoms with Gasteiger partial charge in [-0.1, -0.05) is 27.5 Å². The maximum Gasteiger partial charge on any atom is 0.265 e. The molecule has 1 heterocycles. The van der Waals surface area contributed by atoms with Gasteiger partial charge in [-0.3, -0.25) is 0 Å². The molecule has 0 saturated carbocycles. The highest BCUT2D eigenvalue weighted by Gasteiger charge is 2.21. The highest BCUT2D eigenvalue weighted by atomic mass is 79.9. The first-order chi connectivity index (χ1) is 9.79. The standard InChI is InChI=1S/C12H10BrCl2NO3S2/c1-7-10(20-6-16-7)2-3-19-12-9(14)4-8(13)5-11(12)21(15,17)18/h4-6H,2-3H2,1H3. The fourth-order valence-corrected chi connectivity index (χ4v) is 4.51. The van der Waals surface area contributed by atoms with Crippen molar-refractivity contribution >= 4 is 58.6 Å². The topological polar surface area (TPSA) is 56.3 Å². The number of hydrogen-bond acceptors (Lipinski definition) is 5. The molecule has 114 valence electrons. The van der Waals surface area contributed by atoms with Crippen molar-refractivity contribution < 1.29 is 13.2 Å². The van der Waals surface area contributed by atoms with Gasteiger partial charge in [-0.25, -0.2) is 13.4 Å². The molecular weight excluding hydrogens is 421 g/mol. The van der Waals surface area contributed by atoms with Gasteiger partial charge in [0, 0.05) is 26.5 Å². The second-order valence-corrected chi connectivity index (χ2v) is 8.91. The lowest BCUT2D eigenvalue weighted by atomic mass is 10.3. The molecule has 1 aromatic heterocycles. The fourth-order valence-electron chi connectivity index (χ4n) is 1.67. The van der Waals surface area contributed by atoms with E-state index < -0.39 is 9.05 Å². The van der Waals surface area contributed by atoms with Gasteiger partial charge in [0.25, 0.3) is 9.05 Å². The lowest BCUT2D eigenvalue weighted by molar-refractivity contribution is 0.314. The molecule has 2 aromatic rings. The van der Waals surface area contributed by atoms with E-state index >= 15 is 0 Å². The van der Waals surface area contributed by atoms with Crippen LogP contribution >= 0.6 is 49.6 Å². The number of halogens is 3. The van der Waals surface area contributed by atoms with Crippen LogP contribution in [0.25, 0.3) is 0 Å². The summed E-state index contributed by atoms with van der Waals surface area (Å²) in [6.45, 7) is 2.19. The van der Waals surface area contributed by atoms with Gasteiger partial charge in [0.1, 0.15) is 4.90 Å². The summed E-state index contributed by atoms with van der Waals surface area (Å²) in [4.78, 5) is 5.08. The first-order valence-corrected chi connectivity index (χ1v) is 10.1. The van der Waals surface area contributed by atoms with E-state index in [1.807, 2.05) is 6.92 Å². The summed E-state index contributed by atoms with van der Waals surface area (Å²) in [6, 6.07) is 2.92. The molecule has 0 aliphatic rings.